The van der Waals surface area contributed by atoms with Gasteiger partial charge in [0.2, 0.25) is 0 Å². The Bertz CT molecular complexity index is 713. The van der Waals surface area contributed by atoms with Crippen molar-refractivity contribution in [2.75, 3.05) is 26.3 Å². The maximum absolute atomic E-state index is 12.9. The van der Waals surface area contributed by atoms with Crippen molar-refractivity contribution in [2.45, 2.75) is 6.04 Å². The number of nitrogens with one attached hydrogen (secondary N) is 2. The van der Waals surface area contributed by atoms with E-state index in [1.165, 1.54) is 18.3 Å². The van der Waals surface area contributed by atoms with Gasteiger partial charge in [-0.25, -0.2) is 9.82 Å². The largest absolute Gasteiger partial charge is 0.370 e. The number of hydrazone groups is 1. The van der Waals surface area contributed by atoms with Crippen molar-refractivity contribution in [3.8, 4) is 0 Å². The molecule has 0 radical (unpaired) electrons. The SMILES string of the molecule is O=C(N/N=C\c1ccc(F)cc1)[C@@H](c1ccccc1)[NH+]1CCOCC1. The van der Waals surface area contributed by atoms with Crippen LogP contribution >= 0.6 is 0 Å². The van der Waals surface area contributed by atoms with Crippen LogP contribution in [0.1, 0.15) is 17.2 Å². The lowest BCUT2D eigenvalue weighted by Gasteiger charge is -2.30. The third-order valence-corrected chi connectivity index (χ3v) is 4.20. The summed E-state index contributed by atoms with van der Waals surface area (Å²) in [6, 6.07) is 15.3. The molecule has 1 amide bonds. The Balaban J connectivity index is 1.71. The summed E-state index contributed by atoms with van der Waals surface area (Å²) in [6.07, 6.45) is 1.51. The van der Waals surface area contributed by atoms with Gasteiger partial charge in [-0.15, -0.1) is 0 Å². The first-order chi connectivity index (χ1) is 12.2. The monoisotopic (exact) mass is 342 g/mol. The molecule has 130 valence electrons. The summed E-state index contributed by atoms with van der Waals surface area (Å²) in [5.74, 6) is -0.470. The first-order valence-electron chi connectivity index (χ1n) is 8.30. The highest BCUT2D eigenvalue weighted by Gasteiger charge is 2.32. The fraction of sp³-hybridized carbons (Fsp3) is 0.263. The fourth-order valence-corrected chi connectivity index (χ4v) is 2.92. The zero-order valence-corrected chi connectivity index (χ0v) is 13.8. The minimum absolute atomic E-state index is 0.165. The van der Waals surface area contributed by atoms with Gasteiger partial charge < -0.3 is 9.64 Å². The number of benzene rings is 2. The van der Waals surface area contributed by atoms with Crippen LogP contribution < -0.4 is 10.3 Å². The Morgan fingerprint density at radius 1 is 1.12 bits per heavy atom. The molecule has 3 rings (SSSR count). The summed E-state index contributed by atoms with van der Waals surface area (Å²) in [4.78, 5) is 13.9. The van der Waals surface area contributed by atoms with Gasteiger partial charge in [0, 0.05) is 5.56 Å². The number of amides is 1. The molecule has 1 aliphatic rings. The number of hydrogen-bond donors (Lipinski definition) is 2. The van der Waals surface area contributed by atoms with Crippen LogP contribution in [-0.4, -0.2) is 38.4 Å². The van der Waals surface area contributed by atoms with Crippen molar-refractivity contribution in [1.29, 1.82) is 0 Å². The summed E-state index contributed by atoms with van der Waals surface area (Å²) in [7, 11) is 0. The molecular formula is C19H21FN3O2+. The molecule has 1 saturated heterocycles. The van der Waals surface area contributed by atoms with Gasteiger partial charge in [0.15, 0.2) is 6.04 Å². The van der Waals surface area contributed by atoms with E-state index < -0.39 is 0 Å². The second-order valence-electron chi connectivity index (χ2n) is 5.90. The van der Waals surface area contributed by atoms with E-state index in [1.54, 1.807) is 12.1 Å². The molecule has 0 bridgehead atoms. The second kappa shape index (κ2) is 8.50. The Morgan fingerprint density at radius 2 is 1.80 bits per heavy atom. The van der Waals surface area contributed by atoms with E-state index in [0.717, 1.165) is 29.1 Å². The van der Waals surface area contributed by atoms with Crippen LogP contribution in [0, 0.1) is 5.82 Å². The molecule has 25 heavy (non-hydrogen) atoms. The lowest BCUT2D eigenvalue weighted by atomic mass is 10.0. The number of halogens is 1. The quantitative estimate of drug-likeness (QED) is 0.627. The lowest BCUT2D eigenvalue weighted by molar-refractivity contribution is -0.929. The van der Waals surface area contributed by atoms with E-state index >= 15 is 0 Å². The van der Waals surface area contributed by atoms with Crippen LogP contribution in [0.3, 0.4) is 0 Å². The summed E-state index contributed by atoms with van der Waals surface area (Å²) in [5, 5.41) is 4.02. The standard InChI is InChI=1S/C19H20FN3O2/c20-17-8-6-15(7-9-17)14-21-22-19(24)18(16-4-2-1-3-5-16)23-10-12-25-13-11-23/h1-9,14,18H,10-13H2,(H,22,24)/p+1/b21-14-/t18-/m1/s1. The number of nitrogens with zero attached hydrogens (tertiary/aromatic N) is 1. The van der Waals surface area contributed by atoms with Gasteiger partial charge in [-0.2, -0.15) is 5.10 Å². The Morgan fingerprint density at radius 3 is 2.48 bits per heavy atom. The number of hydrogen-bond acceptors (Lipinski definition) is 3. The van der Waals surface area contributed by atoms with Crippen molar-refractivity contribution < 1.29 is 18.8 Å². The normalized spacial score (nSPS) is 16.7. The van der Waals surface area contributed by atoms with E-state index in [9.17, 15) is 9.18 Å². The van der Waals surface area contributed by atoms with Crippen LogP contribution in [0.25, 0.3) is 0 Å². The Hall–Kier alpha value is -2.57. The van der Waals surface area contributed by atoms with Gasteiger partial charge in [0.25, 0.3) is 0 Å². The van der Waals surface area contributed by atoms with Crippen molar-refractivity contribution in [3.63, 3.8) is 0 Å². The third-order valence-electron chi connectivity index (χ3n) is 4.20. The Labute approximate surface area is 146 Å². The summed E-state index contributed by atoms with van der Waals surface area (Å²) in [6.45, 7) is 2.83. The van der Waals surface area contributed by atoms with Crippen molar-refractivity contribution in [3.05, 3.63) is 71.5 Å². The number of ether oxygens (including phenoxy) is 1. The fourth-order valence-electron chi connectivity index (χ4n) is 2.92. The molecule has 1 heterocycles. The van der Waals surface area contributed by atoms with Crippen LogP contribution in [0.4, 0.5) is 4.39 Å². The maximum Gasteiger partial charge on any atom is 0.303 e. The Kier molecular flexibility index (Phi) is 5.87. The van der Waals surface area contributed by atoms with Gasteiger partial charge in [-0.3, -0.25) is 4.79 Å². The first-order valence-corrected chi connectivity index (χ1v) is 8.30. The van der Waals surface area contributed by atoms with E-state index in [1.807, 2.05) is 30.3 Å². The number of carbonyl (C=O) groups is 1. The van der Waals surface area contributed by atoms with Crippen LogP contribution in [-0.2, 0) is 9.53 Å². The molecule has 5 nitrogen and oxygen atoms in total. The van der Waals surface area contributed by atoms with Crippen molar-refractivity contribution >= 4 is 12.1 Å². The topological polar surface area (TPSA) is 55.1 Å². The highest BCUT2D eigenvalue weighted by Crippen LogP contribution is 2.10. The molecule has 0 saturated carbocycles. The molecule has 2 N–H and O–H groups in total. The average molecular weight is 342 g/mol. The van der Waals surface area contributed by atoms with Gasteiger partial charge in [0.1, 0.15) is 18.9 Å². The molecule has 1 fully saturated rings. The van der Waals surface area contributed by atoms with Gasteiger partial charge in [-0.05, 0) is 17.7 Å². The zero-order chi connectivity index (χ0) is 17.5. The summed E-state index contributed by atoms with van der Waals surface area (Å²) in [5.41, 5.74) is 4.29. The number of rotatable bonds is 5. The van der Waals surface area contributed by atoms with E-state index in [0.29, 0.717) is 13.2 Å². The molecular weight excluding hydrogens is 321 g/mol. The molecule has 1 atom stereocenters. The highest BCUT2D eigenvalue weighted by atomic mass is 19.1. The first kappa shape index (κ1) is 17.3. The van der Waals surface area contributed by atoms with Crippen LogP contribution in [0.5, 0.6) is 0 Å². The van der Waals surface area contributed by atoms with Gasteiger partial charge in [0.05, 0.1) is 19.4 Å². The predicted octanol–water partition coefficient (Wildman–Crippen LogP) is 0.932. The average Bonchev–Trinajstić information content (AvgIpc) is 2.65. The number of quaternary nitrogens is 1. The predicted molar refractivity (Wildman–Crippen MR) is 92.8 cm³/mol. The highest BCUT2D eigenvalue weighted by molar-refractivity contribution is 5.84. The number of carbonyl (C=O) groups excluding carboxylic acids is 1. The molecule has 2 aromatic rings. The van der Waals surface area contributed by atoms with E-state index in [4.69, 9.17) is 4.74 Å². The smallest absolute Gasteiger partial charge is 0.303 e. The van der Waals surface area contributed by atoms with Crippen LogP contribution in [0.15, 0.2) is 59.7 Å². The van der Waals surface area contributed by atoms with Crippen LogP contribution in [0.2, 0.25) is 0 Å². The maximum atomic E-state index is 12.9. The van der Waals surface area contributed by atoms with Crippen molar-refractivity contribution in [1.82, 2.24) is 5.43 Å². The lowest BCUT2D eigenvalue weighted by Crippen LogP contribution is -3.15. The molecule has 1 aliphatic heterocycles. The molecule has 0 aliphatic carbocycles. The van der Waals surface area contributed by atoms with E-state index in [2.05, 4.69) is 10.5 Å². The van der Waals surface area contributed by atoms with E-state index in [-0.39, 0.29) is 17.8 Å². The second-order valence-corrected chi connectivity index (χ2v) is 5.90. The molecule has 0 unspecified atom stereocenters. The van der Waals surface area contributed by atoms with Gasteiger partial charge in [-0.1, -0.05) is 42.5 Å². The minimum Gasteiger partial charge on any atom is -0.370 e. The molecule has 6 heteroatoms. The van der Waals surface area contributed by atoms with Crippen molar-refractivity contribution in [2.24, 2.45) is 5.10 Å². The minimum atomic E-state index is -0.338. The zero-order valence-electron chi connectivity index (χ0n) is 13.8. The molecule has 2 aromatic carbocycles. The van der Waals surface area contributed by atoms with Gasteiger partial charge >= 0.3 is 5.91 Å². The number of morpholine rings is 1. The third kappa shape index (κ3) is 4.71. The molecule has 0 aromatic heterocycles. The summed E-state index contributed by atoms with van der Waals surface area (Å²) >= 11 is 0. The molecule has 0 spiro atoms. The summed E-state index contributed by atoms with van der Waals surface area (Å²) < 4.78 is 18.3.